The largest absolute Gasteiger partial charge is 0.389 e. The molecule has 12 nitrogen and oxygen atoms in total. The Kier molecular flexibility index (Phi) is 10.7. The van der Waals surface area contributed by atoms with Gasteiger partial charge in [0.05, 0.1) is 29.8 Å². The van der Waals surface area contributed by atoms with E-state index in [4.69, 9.17) is 24.3 Å². The van der Waals surface area contributed by atoms with Gasteiger partial charge in [-0.2, -0.15) is 5.48 Å². The maximum Gasteiger partial charge on any atom is 0.248 e. The highest BCUT2D eigenvalue weighted by molar-refractivity contribution is 6.10. The van der Waals surface area contributed by atoms with Crippen molar-refractivity contribution in [2.24, 2.45) is 5.92 Å². The molecule has 0 saturated heterocycles. The van der Waals surface area contributed by atoms with Crippen LogP contribution in [0.1, 0.15) is 47.4 Å². The summed E-state index contributed by atoms with van der Waals surface area (Å²) in [5, 5.41) is 17.1. The lowest BCUT2D eigenvalue weighted by atomic mass is 10.0. The lowest BCUT2D eigenvalue weighted by molar-refractivity contribution is -0.132. The van der Waals surface area contributed by atoms with Crippen molar-refractivity contribution in [1.29, 1.82) is 0 Å². The summed E-state index contributed by atoms with van der Waals surface area (Å²) in [5.41, 5.74) is 3.39. The number of aliphatic hydroxyl groups is 1. The van der Waals surface area contributed by atoms with Crippen molar-refractivity contribution in [1.82, 2.24) is 25.3 Å². The number of hydrogen-bond acceptors (Lipinski definition) is 9. The molecule has 0 saturated carbocycles. The van der Waals surface area contributed by atoms with Gasteiger partial charge in [-0.05, 0) is 39.7 Å². The number of rotatable bonds is 15. The number of amides is 2. The summed E-state index contributed by atoms with van der Waals surface area (Å²) in [6.45, 7) is 12.1. The summed E-state index contributed by atoms with van der Waals surface area (Å²) in [5.74, 6) is -0.217. The third-order valence-electron chi connectivity index (χ3n) is 5.79. The summed E-state index contributed by atoms with van der Waals surface area (Å²) >= 11 is 0. The Balaban J connectivity index is 1.96. The molecule has 0 unspecified atom stereocenters. The molecule has 0 bridgehead atoms. The summed E-state index contributed by atoms with van der Waals surface area (Å²) in [4.78, 5) is 40.4. The van der Waals surface area contributed by atoms with E-state index in [1.165, 1.54) is 0 Å². The first kappa shape index (κ1) is 30.4. The summed E-state index contributed by atoms with van der Waals surface area (Å²) in [6, 6.07) is 6.71. The average Bonchev–Trinajstić information content (AvgIpc) is 3.22. The van der Waals surface area contributed by atoms with E-state index in [1.807, 2.05) is 56.5 Å². The van der Waals surface area contributed by atoms with Gasteiger partial charge in [-0.25, -0.2) is 9.97 Å². The topological polar surface area (TPSA) is 149 Å². The molecular weight excluding hydrogens is 504 g/mol. The first-order chi connectivity index (χ1) is 18.6. The number of carbonyl (C=O) groups excluding carboxylic acids is 2. The number of hydrogen-bond donors (Lipinski definition) is 4. The van der Waals surface area contributed by atoms with E-state index in [-0.39, 0.29) is 38.2 Å². The number of anilines is 1. The molecule has 0 spiro atoms. The maximum absolute atomic E-state index is 13.4. The lowest BCUT2D eigenvalue weighted by Gasteiger charge is -2.22. The molecule has 0 aliphatic heterocycles. The van der Waals surface area contributed by atoms with Gasteiger partial charge in [-0.3, -0.25) is 14.4 Å². The Morgan fingerprint density at radius 2 is 1.85 bits per heavy atom. The number of carbonyl (C=O) groups is 2. The number of imidazole rings is 1. The quantitative estimate of drug-likeness (QED) is 0.129. The van der Waals surface area contributed by atoms with Crippen LogP contribution in [-0.2, 0) is 37.1 Å². The van der Waals surface area contributed by atoms with Gasteiger partial charge in [0.25, 0.3) is 0 Å². The van der Waals surface area contributed by atoms with Crippen LogP contribution in [-0.4, -0.2) is 69.7 Å². The molecule has 3 rings (SSSR count). The van der Waals surface area contributed by atoms with E-state index in [2.05, 4.69) is 16.1 Å². The van der Waals surface area contributed by atoms with Crippen LogP contribution in [0.3, 0.4) is 0 Å². The minimum Gasteiger partial charge on any atom is -0.389 e. The Bertz CT molecular complexity index is 1270. The van der Waals surface area contributed by atoms with Crippen LogP contribution < -0.4 is 16.1 Å². The molecule has 3 aromatic rings. The molecule has 39 heavy (non-hydrogen) atoms. The van der Waals surface area contributed by atoms with Crippen molar-refractivity contribution in [2.75, 3.05) is 31.9 Å². The second kappa shape index (κ2) is 13.8. The van der Waals surface area contributed by atoms with Crippen LogP contribution in [0.5, 0.6) is 0 Å². The van der Waals surface area contributed by atoms with Gasteiger partial charge in [0.15, 0.2) is 5.82 Å². The molecule has 4 N–H and O–H groups in total. The van der Waals surface area contributed by atoms with E-state index in [0.717, 1.165) is 10.9 Å². The van der Waals surface area contributed by atoms with Crippen LogP contribution in [0.2, 0.25) is 0 Å². The van der Waals surface area contributed by atoms with Crippen molar-refractivity contribution in [3.8, 4) is 0 Å². The van der Waals surface area contributed by atoms with Crippen molar-refractivity contribution in [3.63, 3.8) is 0 Å². The fraction of sp³-hybridized carbons (Fsp3) is 0.556. The van der Waals surface area contributed by atoms with Gasteiger partial charge >= 0.3 is 0 Å². The van der Waals surface area contributed by atoms with Crippen LogP contribution in [0, 0.1) is 5.92 Å². The van der Waals surface area contributed by atoms with Crippen LogP contribution in [0.25, 0.3) is 21.9 Å². The average molecular weight is 545 g/mol. The number of hydroxylamine groups is 1. The predicted molar refractivity (Wildman–Crippen MR) is 148 cm³/mol. The minimum absolute atomic E-state index is 0.0379. The zero-order chi connectivity index (χ0) is 28.6. The van der Waals surface area contributed by atoms with Crippen molar-refractivity contribution in [3.05, 3.63) is 30.1 Å². The molecule has 2 aromatic heterocycles. The third kappa shape index (κ3) is 8.16. The van der Waals surface area contributed by atoms with Crippen molar-refractivity contribution in [2.45, 2.75) is 66.3 Å². The molecule has 1 atom stereocenters. The van der Waals surface area contributed by atoms with Gasteiger partial charge in [0, 0.05) is 12.0 Å². The highest BCUT2D eigenvalue weighted by Crippen LogP contribution is 2.31. The standard InChI is InChI=1S/C27H40N6O6/c1-7-37-13-20-30-23-24(33(20)15-27(5,6)36)18-11-9-10-12-19(18)29-25(23)32-26(35)22(17(3)4)31-21(34)14-38-16-28-39-8-2/h9-12,17,22,28,36H,7-8,13-16H2,1-6H3,(H,31,34)(H,29,32,35)/t22-/m0/s1. The number of benzene rings is 1. The van der Waals surface area contributed by atoms with Crippen molar-refractivity contribution < 1.29 is 29.0 Å². The molecule has 2 amide bonds. The normalized spacial score (nSPS) is 12.8. The molecular formula is C27H40N6O6. The fourth-order valence-electron chi connectivity index (χ4n) is 4.10. The maximum atomic E-state index is 13.4. The highest BCUT2D eigenvalue weighted by Gasteiger charge is 2.28. The number of fused-ring (bicyclic) bond motifs is 3. The number of ether oxygens (including phenoxy) is 2. The van der Waals surface area contributed by atoms with E-state index in [9.17, 15) is 14.7 Å². The molecule has 12 heteroatoms. The van der Waals surface area contributed by atoms with Crippen LogP contribution in [0.4, 0.5) is 5.82 Å². The first-order valence-corrected chi connectivity index (χ1v) is 13.2. The van der Waals surface area contributed by atoms with Gasteiger partial charge in [-0.1, -0.05) is 32.0 Å². The summed E-state index contributed by atoms with van der Waals surface area (Å²) in [6.07, 6.45) is 0. The number of nitrogens with one attached hydrogen (secondary N) is 3. The van der Waals surface area contributed by atoms with E-state index >= 15 is 0 Å². The monoisotopic (exact) mass is 544 g/mol. The lowest BCUT2D eigenvalue weighted by Crippen LogP contribution is -2.48. The van der Waals surface area contributed by atoms with E-state index in [0.29, 0.717) is 30.1 Å². The third-order valence-corrected chi connectivity index (χ3v) is 5.79. The minimum atomic E-state index is -1.03. The molecule has 0 radical (unpaired) electrons. The Hall–Kier alpha value is -3.16. The Labute approximate surface area is 228 Å². The molecule has 0 fully saturated rings. The smallest absolute Gasteiger partial charge is 0.248 e. The first-order valence-electron chi connectivity index (χ1n) is 13.2. The van der Waals surface area contributed by atoms with Crippen LogP contribution >= 0.6 is 0 Å². The number of pyridine rings is 1. The second-order valence-electron chi connectivity index (χ2n) is 10.1. The van der Waals surface area contributed by atoms with Gasteiger partial charge in [-0.15, -0.1) is 0 Å². The number of aromatic nitrogens is 3. The van der Waals surface area contributed by atoms with E-state index < -0.39 is 23.5 Å². The zero-order valence-corrected chi connectivity index (χ0v) is 23.5. The SMILES string of the molecule is CCOCc1nc2c(NC(=O)[C@@H](NC(=O)COCNOCC)C(C)C)nc3ccccc3c2n1CC(C)(C)O. The Morgan fingerprint density at radius 3 is 2.51 bits per heavy atom. The molecule has 214 valence electrons. The van der Waals surface area contributed by atoms with E-state index in [1.54, 1.807) is 13.8 Å². The number of nitrogens with zero attached hydrogens (tertiary/aromatic N) is 3. The van der Waals surface area contributed by atoms with Gasteiger partial charge in [0.1, 0.15) is 37.3 Å². The molecule has 2 heterocycles. The molecule has 0 aliphatic carbocycles. The molecule has 1 aromatic carbocycles. The van der Waals surface area contributed by atoms with Crippen molar-refractivity contribution >= 4 is 39.6 Å². The summed E-state index contributed by atoms with van der Waals surface area (Å²) in [7, 11) is 0. The van der Waals surface area contributed by atoms with Gasteiger partial charge in [0.2, 0.25) is 11.8 Å². The highest BCUT2D eigenvalue weighted by atomic mass is 16.7. The fourth-order valence-corrected chi connectivity index (χ4v) is 4.10. The molecule has 0 aliphatic rings. The van der Waals surface area contributed by atoms with Crippen LogP contribution in [0.15, 0.2) is 24.3 Å². The van der Waals surface area contributed by atoms with Gasteiger partial charge < -0.3 is 29.8 Å². The summed E-state index contributed by atoms with van der Waals surface area (Å²) < 4.78 is 12.8. The zero-order valence-electron chi connectivity index (χ0n) is 23.5. The predicted octanol–water partition coefficient (Wildman–Crippen LogP) is 2.49. The second-order valence-corrected chi connectivity index (χ2v) is 10.1. The Morgan fingerprint density at radius 1 is 1.10 bits per heavy atom. The number of para-hydroxylation sites is 1.